The van der Waals surface area contributed by atoms with Gasteiger partial charge < -0.3 is 10.4 Å². The van der Waals surface area contributed by atoms with Gasteiger partial charge in [-0.05, 0) is 35.1 Å². The molecule has 4 rings (SSSR count). The molecule has 2 aromatic carbocycles. The van der Waals surface area contributed by atoms with E-state index >= 15 is 0 Å². The van der Waals surface area contributed by atoms with Crippen LogP contribution in [0.25, 0.3) is 0 Å². The number of nitrogens with one attached hydrogen (secondary N) is 1. The van der Waals surface area contributed by atoms with E-state index in [-0.39, 0.29) is 6.04 Å². The zero-order chi connectivity index (χ0) is 13.6. The zero-order valence-electron chi connectivity index (χ0n) is 11.5. The van der Waals surface area contributed by atoms with E-state index in [1.54, 1.807) is 0 Å². The number of rotatable bonds is 1. The van der Waals surface area contributed by atoms with Crippen LogP contribution in [0.4, 0.5) is 0 Å². The fourth-order valence-corrected chi connectivity index (χ4v) is 3.77. The molecule has 2 aromatic rings. The summed E-state index contributed by atoms with van der Waals surface area (Å²) in [6.07, 6.45) is 2.54. The third kappa shape index (κ3) is 1.80. The van der Waals surface area contributed by atoms with Crippen LogP contribution in [-0.2, 0) is 19.4 Å². The molecule has 0 radical (unpaired) electrons. The highest BCUT2D eigenvalue weighted by atomic mass is 16.3. The van der Waals surface area contributed by atoms with Crippen molar-refractivity contribution < 1.29 is 5.11 Å². The minimum atomic E-state index is -0.666. The third-order valence-corrected chi connectivity index (χ3v) is 4.84. The van der Waals surface area contributed by atoms with E-state index in [4.69, 9.17) is 0 Å². The van der Waals surface area contributed by atoms with Crippen LogP contribution in [0.15, 0.2) is 48.5 Å². The van der Waals surface area contributed by atoms with Gasteiger partial charge in [-0.1, -0.05) is 48.5 Å². The van der Waals surface area contributed by atoms with E-state index in [1.807, 2.05) is 0 Å². The molecule has 0 amide bonds. The molecule has 0 saturated carbocycles. The lowest BCUT2D eigenvalue weighted by atomic mass is 9.74. The second-order valence-electron chi connectivity index (χ2n) is 6.06. The van der Waals surface area contributed by atoms with Gasteiger partial charge in [0.05, 0.1) is 11.6 Å². The highest BCUT2D eigenvalue weighted by Crippen LogP contribution is 2.41. The average Bonchev–Trinajstić information content (AvgIpc) is 2.92. The Bertz CT molecular complexity index is 651. The summed E-state index contributed by atoms with van der Waals surface area (Å²) in [6.45, 7) is 0.866. The SMILES string of the molecule is OC1(C2NCc3ccccc32)CCc2ccccc2C1. The first-order chi connectivity index (χ1) is 9.76. The second-order valence-corrected chi connectivity index (χ2v) is 6.06. The van der Waals surface area contributed by atoms with E-state index in [0.29, 0.717) is 0 Å². The zero-order valence-corrected chi connectivity index (χ0v) is 11.5. The van der Waals surface area contributed by atoms with Gasteiger partial charge in [0.15, 0.2) is 0 Å². The highest BCUT2D eigenvalue weighted by molar-refractivity contribution is 5.39. The first kappa shape index (κ1) is 12.1. The summed E-state index contributed by atoms with van der Waals surface area (Å²) in [5, 5.41) is 14.7. The van der Waals surface area contributed by atoms with Crippen molar-refractivity contribution in [1.82, 2.24) is 5.32 Å². The maximum Gasteiger partial charge on any atom is 0.0885 e. The van der Waals surface area contributed by atoms with Crippen LogP contribution in [0.5, 0.6) is 0 Å². The van der Waals surface area contributed by atoms with E-state index in [1.165, 1.54) is 22.3 Å². The molecule has 1 aliphatic carbocycles. The Labute approximate surface area is 119 Å². The third-order valence-electron chi connectivity index (χ3n) is 4.84. The van der Waals surface area contributed by atoms with Crippen LogP contribution in [0.2, 0.25) is 0 Å². The van der Waals surface area contributed by atoms with Gasteiger partial charge in [-0.15, -0.1) is 0 Å². The Balaban J connectivity index is 1.70. The van der Waals surface area contributed by atoms with Crippen molar-refractivity contribution >= 4 is 0 Å². The molecular formula is C18H19NO. The van der Waals surface area contributed by atoms with Crippen LogP contribution in [0.3, 0.4) is 0 Å². The van der Waals surface area contributed by atoms with Crippen LogP contribution >= 0.6 is 0 Å². The van der Waals surface area contributed by atoms with E-state index in [0.717, 1.165) is 25.8 Å². The van der Waals surface area contributed by atoms with E-state index in [2.05, 4.69) is 53.8 Å². The van der Waals surface area contributed by atoms with Crippen molar-refractivity contribution in [2.45, 2.75) is 37.5 Å². The largest absolute Gasteiger partial charge is 0.388 e. The number of benzene rings is 2. The molecule has 1 heterocycles. The fraction of sp³-hybridized carbons (Fsp3) is 0.333. The number of hydrogen-bond acceptors (Lipinski definition) is 2. The molecular weight excluding hydrogens is 246 g/mol. The van der Waals surface area contributed by atoms with Gasteiger partial charge in [-0.3, -0.25) is 0 Å². The molecule has 1 aliphatic heterocycles. The molecule has 2 aliphatic rings. The number of hydrogen-bond donors (Lipinski definition) is 2. The smallest absolute Gasteiger partial charge is 0.0885 e. The molecule has 0 bridgehead atoms. The molecule has 2 atom stereocenters. The van der Waals surface area contributed by atoms with Gasteiger partial charge >= 0.3 is 0 Å². The predicted octanol–water partition coefficient (Wildman–Crippen LogP) is 2.75. The van der Waals surface area contributed by atoms with E-state index in [9.17, 15) is 5.11 Å². The summed E-state index contributed by atoms with van der Waals surface area (Å²) >= 11 is 0. The minimum Gasteiger partial charge on any atom is -0.388 e. The first-order valence-corrected chi connectivity index (χ1v) is 7.37. The van der Waals surface area contributed by atoms with Gasteiger partial charge in [0, 0.05) is 13.0 Å². The lowest BCUT2D eigenvalue weighted by Gasteiger charge is -2.38. The molecule has 2 heteroatoms. The average molecular weight is 265 g/mol. The van der Waals surface area contributed by atoms with Crippen molar-refractivity contribution in [2.24, 2.45) is 0 Å². The molecule has 20 heavy (non-hydrogen) atoms. The normalized spacial score (nSPS) is 27.9. The summed E-state index contributed by atoms with van der Waals surface area (Å²) in [5.74, 6) is 0. The highest BCUT2D eigenvalue weighted by Gasteiger charge is 2.42. The lowest BCUT2D eigenvalue weighted by Crippen LogP contribution is -2.45. The Morgan fingerprint density at radius 1 is 0.950 bits per heavy atom. The number of fused-ring (bicyclic) bond motifs is 2. The first-order valence-electron chi connectivity index (χ1n) is 7.37. The molecule has 0 aromatic heterocycles. The van der Waals surface area contributed by atoms with Crippen molar-refractivity contribution in [3.8, 4) is 0 Å². The van der Waals surface area contributed by atoms with Crippen LogP contribution in [-0.4, -0.2) is 10.7 Å². The van der Waals surface area contributed by atoms with Crippen molar-refractivity contribution in [3.05, 3.63) is 70.8 Å². The van der Waals surface area contributed by atoms with Crippen molar-refractivity contribution in [1.29, 1.82) is 0 Å². The Kier molecular flexibility index (Phi) is 2.69. The van der Waals surface area contributed by atoms with Gasteiger partial charge in [0.2, 0.25) is 0 Å². The summed E-state index contributed by atoms with van der Waals surface area (Å²) in [7, 11) is 0. The summed E-state index contributed by atoms with van der Waals surface area (Å²) in [4.78, 5) is 0. The molecule has 0 fully saturated rings. The molecule has 0 spiro atoms. The molecule has 2 unspecified atom stereocenters. The van der Waals surface area contributed by atoms with Crippen LogP contribution in [0, 0.1) is 0 Å². The Hall–Kier alpha value is -1.64. The Morgan fingerprint density at radius 2 is 1.65 bits per heavy atom. The quantitative estimate of drug-likeness (QED) is 0.831. The predicted molar refractivity (Wildman–Crippen MR) is 79.4 cm³/mol. The number of aryl methyl sites for hydroxylation is 1. The molecule has 102 valence electrons. The number of aliphatic hydroxyl groups is 1. The molecule has 0 saturated heterocycles. The molecule has 2 nitrogen and oxygen atoms in total. The monoisotopic (exact) mass is 265 g/mol. The lowest BCUT2D eigenvalue weighted by molar-refractivity contribution is -0.00897. The summed E-state index contributed by atoms with van der Waals surface area (Å²) in [6, 6.07) is 17.0. The maximum absolute atomic E-state index is 11.2. The van der Waals surface area contributed by atoms with Gasteiger partial charge in [0.25, 0.3) is 0 Å². The minimum absolute atomic E-state index is 0.0621. The van der Waals surface area contributed by atoms with Gasteiger partial charge in [0.1, 0.15) is 0 Å². The topological polar surface area (TPSA) is 32.3 Å². The summed E-state index contributed by atoms with van der Waals surface area (Å²) in [5.41, 5.74) is 4.62. The standard InChI is InChI=1S/C18H19NO/c20-18(10-9-13-5-1-2-6-14(13)11-18)17-16-8-4-3-7-15(16)12-19-17/h1-8,17,19-20H,9-12H2. The maximum atomic E-state index is 11.2. The van der Waals surface area contributed by atoms with E-state index < -0.39 is 5.60 Å². The second kappa shape index (κ2) is 4.44. The van der Waals surface area contributed by atoms with Crippen LogP contribution < -0.4 is 5.32 Å². The fourth-order valence-electron chi connectivity index (χ4n) is 3.77. The summed E-state index contributed by atoms with van der Waals surface area (Å²) < 4.78 is 0. The van der Waals surface area contributed by atoms with Crippen molar-refractivity contribution in [3.63, 3.8) is 0 Å². The van der Waals surface area contributed by atoms with Gasteiger partial charge in [-0.2, -0.15) is 0 Å². The molecule has 2 N–H and O–H groups in total. The van der Waals surface area contributed by atoms with Crippen LogP contribution in [0.1, 0.15) is 34.7 Å². The Morgan fingerprint density at radius 3 is 2.50 bits per heavy atom. The van der Waals surface area contributed by atoms with Gasteiger partial charge in [-0.25, -0.2) is 0 Å². The van der Waals surface area contributed by atoms with Crippen molar-refractivity contribution in [2.75, 3.05) is 0 Å².